The van der Waals surface area contributed by atoms with Gasteiger partial charge in [0, 0.05) is 18.8 Å². The van der Waals surface area contributed by atoms with Gasteiger partial charge in [0.1, 0.15) is 0 Å². The number of thioether (sulfide) groups is 1. The van der Waals surface area contributed by atoms with E-state index in [9.17, 15) is 14.7 Å². The first-order chi connectivity index (χ1) is 9.10. The van der Waals surface area contributed by atoms with Crippen LogP contribution in [0.2, 0.25) is 0 Å². The van der Waals surface area contributed by atoms with Crippen LogP contribution in [0.25, 0.3) is 0 Å². The molecule has 106 valence electrons. The summed E-state index contributed by atoms with van der Waals surface area (Å²) in [7, 11) is 0. The van der Waals surface area contributed by atoms with Gasteiger partial charge in [-0.3, -0.25) is 4.79 Å². The molecule has 0 aromatic carbocycles. The van der Waals surface area contributed by atoms with E-state index >= 15 is 0 Å². The van der Waals surface area contributed by atoms with E-state index in [0.29, 0.717) is 25.1 Å². The lowest BCUT2D eigenvalue weighted by atomic mass is 9.86. The third-order valence-electron chi connectivity index (χ3n) is 3.32. The number of rotatable bonds is 7. The van der Waals surface area contributed by atoms with Crippen molar-refractivity contribution in [2.75, 3.05) is 24.6 Å². The molecule has 1 fully saturated rings. The summed E-state index contributed by atoms with van der Waals surface area (Å²) >= 11 is 1.57. The fraction of sp³-hybridized carbons (Fsp3) is 0.692. The van der Waals surface area contributed by atoms with Crippen LogP contribution in [-0.2, 0) is 4.79 Å². The maximum Gasteiger partial charge on any atom is 0.314 e. The van der Waals surface area contributed by atoms with E-state index in [-0.39, 0.29) is 12.6 Å². The van der Waals surface area contributed by atoms with Gasteiger partial charge in [0.25, 0.3) is 0 Å². The van der Waals surface area contributed by atoms with Crippen molar-refractivity contribution in [1.29, 1.82) is 0 Å². The van der Waals surface area contributed by atoms with E-state index in [1.54, 1.807) is 11.8 Å². The first-order valence-corrected chi connectivity index (χ1v) is 7.52. The molecular formula is C13H20N2O3S. The number of hydrogen-bond acceptors (Lipinski definition) is 3. The number of carboxylic acids is 1. The van der Waals surface area contributed by atoms with Crippen LogP contribution in [0.3, 0.4) is 0 Å². The summed E-state index contributed by atoms with van der Waals surface area (Å²) in [5.74, 6) is 3.08. The summed E-state index contributed by atoms with van der Waals surface area (Å²) in [6, 6.07) is -0.311. The molecule has 0 heterocycles. The van der Waals surface area contributed by atoms with Gasteiger partial charge in [-0.25, -0.2) is 4.79 Å². The smallest absolute Gasteiger partial charge is 0.314 e. The lowest BCUT2D eigenvalue weighted by molar-refractivity contribution is -0.148. The molecule has 3 N–H and O–H groups in total. The molecule has 0 bridgehead atoms. The summed E-state index contributed by atoms with van der Waals surface area (Å²) < 4.78 is 0. The van der Waals surface area contributed by atoms with Gasteiger partial charge in [0.2, 0.25) is 0 Å². The first kappa shape index (κ1) is 15.7. The van der Waals surface area contributed by atoms with Crippen LogP contribution in [0.15, 0.2) is 0 Å². The predicted molar refractivity (Wildman–Crippen MR) is 76.1 cm³/mol. The van der Waals surface area contributed by atoms with Crippen LogP contribution >= 0.6 is 11.8 Å². The van der Waals surface area contributed by atoms with Gasteiger partial charge in [-0.05, 0) is 12.8 Å². The highest BCUT2D eigenvalue weighted by atomic mass is 32.2. The number of amides is 2. The zero-order valence-electron chi connectivity index (χ0n) is 10.9. The molecule has 0 atom stereocenters. The molecule has 0 aromatic heterocycles. The first-order valence-electron chi connectivity index (χ1n) is 6.37. The lowest BCUT2D eigenvalue weighted by Crippen LogP contribution is -2.45. The maximum atomic E-state index is 11.5. The van der Waals surface area contributed by atoms with Crippen LogP contribution in [0.5, 0.6) is 0 Å². The number of carbonyl (C=O) groups is 2. The van der Waals surface area contributed by atoms with Crippen LogP contribution in [0.4, 0.5) is 4.79 Å². The van der Waals surface area contributed by atoms with Gasteiger partial charge < -0.3 is 15.7 Å². The molecule has 0 saturated heterocycles. The number of hydrogen-bond donors (Lipinski definition) is 3. The predicted octanol–water partition coefficient (Wildman–Crippen LogP) is 1.30. The highest BCUT2D eigenvalue weighted by Gasteiger charge is 2.41. The molecule has 19 heavy (non-hydrogen) atoms. The summed E-state index contributed by atoms with van der Waals surface area (Å²) in [5.41, 5.74) is -0.768. The van der Waals surface area contributed by atoms with E-state index in [1.165, 1.54) is 0 Å². The SMILES string of the molecule is C#CCSCCNC(=O)NCC1(C(=O)O)CCCC1. The maximum absolute atomic E-state index is 11.5. The summed E-state index contributed by atoms with van der Waals surface area (Å²) in [6.45, 7) is 0.726. The van der Waals surface area contributed by atoms with Crippen LogP contribution < -0.4 is 10.6 Å². The van der Waals surface area contributed by atoms with Crippen molar-refractivity contribution in [2.45, 2.75) is 25.7 Å². The van der Waals surface area contributed by atoms with Crippen molar-refractivity contribution >= 4 is 23.8 Å². The highest BCUT2D eigenvalue weighted by molar-refractivity contribution is 7.99. The van der Waals surface area contributed by atoms with Crippen LogP contribution in [-0.4, -0.2) is 41.7 Å². The van der Waals surface area contributed by atoms with Crippen molar-refractivity contribution in [3.8, 4) is 12.3 Å². The van der Waals surface area contributed by atoms with Gasteiger partial charge >= 0.3 is 12.0 Å². The van der Waals surface area contributed by atoms with Crippen molar-refractivity contribution in [3.63, 3.8) is 0 Å². The second kappa shape index (κ2) is 7.95. The number of urea groups is 1. The van der Waals surface area contributed by atoms with E-state index in [2.05, 4.69) is 16.6 Å². The van der Waals surface area contributed by atoms with Crippen molar-refractivity contribution < 1.29 is 14.7 Å². The average molecular weight is 284 g/mol. The zero-order valence-corrected chi connectivity index (χ0v) is 11.7. The Kier molecular flexibility index (Phi) is 6.57. The van der Waals surface area contributed by atoms with Crippen molar-refractivity contribution in [2.24, 2.45) is 5.41 Å². The largest absolute Gasteiger partial charge is 0.481 e. The summed E-state index contributed by atoms with van der Waals surface area (Å²) in [6.07, 6.45) is 8.21. The molecule has 0 spiro atoms. The molecule has 6 heteroatoms. The molecule has 1 aliphatic carbocycles. The third-order valence-corrected chi connectivity index (χ3v) is 4.18. The average Bonchev–Trinajstić information content (AvgIpc) is 2.86. The Morgan fingerprint density at radius 1 is 1.32 bits per heavy atom. The van der Waals surface area contributed by atoms with E-state index in [1.807, 2.05) is 0 Å². The number of carbonyl (C=O) groups excluding carboxylic acids is 1. The topological polar surface area (TPSA) is 78.4 Å². The van der Waals surface area contributed by atoms with Gasteiger partial charge in [0.15, 0.2) is 0 Å². The molecule has 1 rings (SSSR count). The Labute approximate surface area is 117 Å². The minimum absolute atomic E-state index is 0.200. The van der Waals surface area contributed by atoms with Crippen LogP contribution in [0.1, 0.15) is 25.7 Å². The highest BCUT2D eigenvalue weighted by Crippen LogP contribution is 2.37. The Balaban J connectivity index is 2.22. The summed E-state index contributed by atoms with van der Waals surface area (Å²) in [5, 5.41) is 14.6. The van der Waals surface area contributed by atoms with Gasteiger partial charge in [-0.1, -0.05) is 18.8 Å². The number of terminal acetylenes is 1. The Bertz CT molecular complexity index is 359. The normalized spacial score (nSPS) is 16.6. The van der Waals surface area contributed by atoms with Gasteiger partial charge in [0.05, 0.1) is 11.2 Å². The quantitative estimate of drug-likeness (QED) is 0.486. The Morgan fingerprint density at radius 3 is 2.58 bits per heavy atom. The van der Waals surface area contributed by atoms with Crippen molar-refractivity contribution in [1.82, 2.24) is 10.6 Å². The second-order valence-electron chi connectivity index (χ2n) is 4.66. The lowest BCUT2D eigenvalue weighted by Gasteiger charge is -2.23. The molecule has 0 aromatic rings. The molecule has 1 aliphatic rings. The zero-order chi connectivity index (χ0) is 14.1. The number of aliphatic carboxylic acids is 1. The van der Waals surface area contributed by atoms with E-state index in [0.717, 1.165) is 18.6 Å². The van der Waals surface area contributed by atoms with E-state index in [4.69, 9.17) is 6.42 Å². The third kappa shape index (κ3) is 5.03. The Morgan fingerprint density at radius 2 is 2.00 bits per heavy atom. The standard InChI is InChI=1S/C13H20N2O3S/c1-2-8-19-9-7-14-12(18)15-10-13(11(16)17)5-3-4-6-13/h1H,3-10H2,(H,16,17)(H2,14,15,18). The molecule has 1 saturated carbocycles. The van der Waals surface area contributed by atoms with Gasteiger partial charge in [-0.2, -0.15) is 0 Å². The minimum Gasteiger partial charge on any atom is -0.481 e. The number of nitrogens with one attached hydrogen (secondary N) is 2. The van der Waals surface area contributed by atoms with Crippen LogP contribution in [0, 0.1) is 17.8 Å². The molecule has 0 radical (unpaired) electrons. The Hall–Kier alpha value is -1.35. The fourth-order valence-electron chi connectivity index (χ4n) is 2.20. The number of carboxylic acid groups (broad SMARTS) is 1. The van der Waals surface area contributed by atoms with E-state index < -0.39 is 11.4 Å². The second-order valence-corrected chi connectivity index (χ2v) is 5.76. The fourth-order valence-corrected chi connectivity index (χ4v) is 2.71. The molecular weight excluding hydrogens is 264 g/mol. The molecule has 5 nitrogen and oxygen atoms in total. The van der Waals surface area contributed by atoms with Gasteiger partial charge in [-0.15, -0.1) is 18.2 Å². The molecule has 0 aliphatic heterocycles. The molecule has 0 unspecified atom stereocenters. The molecule has 2 amide bonds. The summed E-state index contributed by atoms with van der Waals surface area (Å²) in [4.78, 5) is 22.8. The van der Waals surface area contributed by atoms with Crippen molar-refractivity contribution in [3.05, 3.63) is 0 Å². The monoisotopic (exact) mass is 284 g/mol. The minimum atomic E-state index is -0.810.